The molecule has 3 rings (SSSR count). The van der Waals surface area contributed by atoms with Crippen LogP contribution in [0.3, 0.4) is 0 Å². The maximum absolute atomic E-state index is 11.2. The van der Waals surface area contributed by atoms with Crippen LogP contribution in [0.5, 0.6) is 0 Å². The first-order valence-electron chi connectivity index (χ1n) is 6.94. The zero-order chi connectivity index (χ0) is 14.8. The average molecular weight is 342 g/mol. The fraction of sp³-hybridized carbons (Fsp3) is 0.429. The summed E-state index contributed by atoms with van der Waals surface area (Å²) in [6.07, 6.45) is 3.80. The van der Waals surface area contributed by atoms with Gasteiger partial charge in [-0.3, -0.25) is 9.69 Å². The third kappa shape index (κ3) is 3.49. The minimum atomic E-state index is -0.363. The number of nitrogens with one attached hydrogen (secondary N) is 1. The monoisotopic (exact) mass is 341 g/mol. The molecule has 0 aromatic carbocycles. The van der Waals surface area contributed by atoms with E-state index in [-0.39, 0.29) is 24.4 Å². The summed E-state index contributed by atoms with van der Waals surface area (Å²) in [5, 5.41) is 5.25. The van der Waals surface area contributed by atoms with E-state index in [0.29, 0.717) is 5.56 Å². The van der Waals surface area contributed by atoms with Gasteiger partial charge in [-0.15, -0.1) is 23.7 Å². The highest BCUT2D eigenvalue weighted by Crippen LogP contribution is 2.25. The third-order valence-corrected chi connectivity index (χ3v) is 4.73. The van der Waals surface area contributed by atoms with E-state index < -0.39 is 0 Å². The van der Waals surface area contributed by atoms with Gasteiger partial charge < -0.3 is 15.6 Å². The smallest absolute Gasteiger partial charge is 0.249 e. The van der Waals surface area contributed by atoms with Crippen LogP contribution in [0.2, 0.25) is 0 Å². The van der Waals surface area contributed by atoms with Gasteiger partial charge in [-0.25, -0.2) is 4.98 Å². The highest BCUT2D eigenvalue weighted by Gasteiger charge is 2.27. The van der Waals surface area contributed by atoms with Gasteiger partial charge in [0.25, 0.3) is 0 Å². The number of imidazole rings is 1. The largest absolute Gasteiger partial charge is 0.366 e. The molecule has 1 saturated heterocycles. The minimum absolute atomic E-state index is 0. The standard InChI is InChI=1S/C14H19N5OS.ClH/c1-18-4-3-17-14(18)12-7-16-2-5-19(12)8-11-6-10(9-21-11)13(15)20;/h3-4,6,9,12,16H,2,5,7-8H2,1H3,(H2,15,20);1H. The fourth-order valence-electron chi connectivity index (χ4n) is 2.68. The summed E-state index contributed by atoms with van der Waals surface area (Å²) in [4.78, 5) is 19.2. The van der Waals surface area contributed by atoms with Crippen LogP contribution in [0.25, 0.3) is 0 Å². The maximum Gasteiger partial charge on any atom is 0.249 e. The van der Waals surface area contributed by atoms with Gasteiger partial charge in [0, 0.05) is 55.9 Å². The molecular formula is C14H20ClN5OS. The number of halogens is 1. The van der Waals surface area contributed by atoms with Gasteiger partial charge in [-0.2, -0.15) is 0 Å². The number of primary amides is 1. The number of aryl methyl sites for hydroxylation is 1. The number of amides is 1. The Bertz CT molecular complexity index is 641. The normalized spacial score (nSPS) is 18.9. The molecular weight excluding hydrogens is 322 g/mol. The van der Waals surface area contributed by atoms with Crippen LogP contribution in [0.15, 0.2) is 23.8 Å². The summed E-state index contributed by atoms with van der Waals surface area (Å²) in [5.41, 5.74) is 5.91. The van der Waals surface area contributed by atoms with E-state index in [1.165, 1.54) is 0 Å². The molecule has 6 nitrogen and oxygen atoms in total. The number of hydrogen-bond acceptors (Lipinski definition) is 5. The van der Waals surface area contributed by atoms with Crippen LogP contribution < -0.4 is 11.1 Å². The van der Waals surface area contributed by atoms with Crippen molar-refractivity contribution in [2.24, 2.45) is 12.8 Å². The Morgan fingerprint density at radius 3 is 3.05 bits per heavy atom. The van der Waals surface area contributed by atoms with E-state index in [9.17, 15) is 4.79 Å². The first-order chi connectivity index (χ1) is 10.1. The molecule has 2 aromatic heterocycles. The number of nitrogens with two attached hydrogens (primary N) is 1. The molecule has 1 amide bonds. The number of carbonyl (C=O) groups excluding carboxylic acids is 1. The van der Waals surface area contributed by atoms with Crippen LogP contribution in [0.4, 0.5) is 0 Å². The molecule has 2 aromatic rings. The average Bonchev–Trinajstić information content (AvgIpc) is 3.09. The van der Waals surface area contributed by atoms with Crippen molar-refractivity contribution in [2.75, 3.05) is 19.6 Å². The maximum atomic E-state index is 11.2. The number of piperazine rings is 1. The Morgan fingerprint density at radius 1 is 1.59 bits per heavy atom. The Balaban J connectivity index is 0.00000176. The lowest BCUT2D eigenvalue weighted by atomic mass is 10.1. The zero-order valence-corrected chi connectivity index (χ0v) is 14.0. The summed E-state index contributed by atoms with van der Waals surface area (Å²) < 4.78 is 2.06. The third-order valence-electron chi connectivity index (χ3n) is 3.81. The van der Waals surface area contributed by atoms with E-state index in [0.717, 1.165) is 36.9 Å². The van der Waals surface area contributed by atoms with Crippen molar-refractivity contribution in [3.8, 4) is 0 Å². The summed E-state index contributed by atoms with van der Waals surface area (Å²) in [6.45, 7) is 3.63. The molecule has 0 radical (unpaired) electrons. The number of carbonyl (C=O) groups is 1. The SMILES string of the molecule is Cl.Cn1ccnc1C1CNCCN1Cc1cc(C(N)=O)cs1. The number of aromatic nitrogens is 2. The van der Waals surface area contributed by atoms with E-state index in [1.54, 1.807) is 11.3 Å². The van der Waals surface area contributed by atoms with Crippen molar-refractivity contribution in [1.82, 2.24) is 19.8 Å². The lowest BCUT2D eigenvalue weighted by molar-refractivity contribution is 0.100. The van der Waals surface area contributed by atoms with Crippen LogP contribution in [-0.2, 0) is 13.6 Å². The molecule has 1 aliphatic rings. The number of rotatable bonds is 4. The van der Waals surface area contributed by atoms with Gasteiger partial charge in [0.1, 0.15) is 5.82 Å². The molecule has 0 bridgehead atoms. The molecule has 0 aliphatic carbocycles. The Morgan fingerprint density at radius 2 is 2.41 bits per heavy atom. The second kappa shape index (κ2) is 7.23. The van der Waals surface area contributed by atoms with Crippen molar-refractivity contribution in [3.05, 3.63) is 40.1 Å². The highest BCUT2D eigenvalue weighted by molar-refractivity contribution is 7.10. The summed E-state index contributed by atoms with van der Waals surface area (Å²) in [5.74, 6) is 0.701. The van der Waals surface area contributed by atoms with Crippen molar-refractivity contribution in [2.45, 2.75) is 12.6 Å². The van der Waals surface area contributed by atoms with Crippen molar-refractivity contribution in [1.29, 1.82) is 0 Å². The van der Waals surface area contributed by atoms with Crippen molar-refractivity contribution < 1.29 is 4.79 Å². The fourth-order valence-corrected chi connectivity index (χ4v) is 3.58. The lowest BCUT2D eigenvalue weighted by Crippen LogP contribution is -2.46. The first-order valence-corrected chi connectivity index (χ1v) is 7.82. The predicted octanol–water partition coefficient (Wildman–Crippen LogP) is 1.15. The number of thiophene rings is 1. The van der Waals surface area contributed by atoms with Gasteiger partial charge in [0.05, 0.1) is 11.6 Å². The van der Waals surface area contributed by atoms with Crippen molar-refractivity contribution >= 4 is 29.7 Å². The molecule has 22 heavy (non-hydrogen) atoms. The number of nitrogens with zero attached hydrogens (tertiary/aromatic N) is 3. The van der Waals surface area contributed by atoms with Gasteiger partial charge >= 0.3 is 0 Å². The van der Waals surface area contributed by atoms with E-state index in [2.05, 4.69) is 19.8 Å². The molecule has 120 valence electrons. The van der Waals surface area contributed by atoms with Gasteiger partial charge in [0.2, 0.25) is 5.91 Å². The second-order valence-corrected chi connectivity index (χ2v) is 6.25. The summed E-state index contributed by atoms with van der Waals surface area (Å²) in [6, 6.07) is 2.14. The predicted molar refractivity (Wildman–Crippen MR) is 89.3 cm³/mol. The second-order valence-electron chi connectivity index (χ2n) is 5.25. The molecule has 0 saturated carbocycles. The molecule has 1 atom stereocenters. The molecule has 1 aliphatic heterocycles. The molecule has 0 spiro atoms. The zero-order valence-electron chi connectivity index (χ0n) is 12.4. The summed E-state index contributed by atoms with van der Waals surface area (Å²) >= 11 is 1.58. The molecule has 1 unspecified atom stereocenters. The Kier molecular flexibility index (Phi) is 5.57. The lowest BCUT2D eigenvalue weighted by Gasteiger charge is -2.35. The van der Waals surface area contributed by atoms with Crippen LogP contribution >= 0.6 is 23.7 Å². The number of hydrogen-bond donors (Lipinski definition) is 2. The van der Waals surface area contributed by atoms with Gasteiger partial charge in [-0.05, 0) is 6.07 Å². The topological polar surface area (TPSA) is 76.2 Å². The van der Waals surface area contributed by atoms with Gasteiger partial charge in [-0.1, -0.05) is 0 Å². The molecule has 1 fully saturated rings. The van der Waals surface area contributed by atoms with Crippen LogP contribution in [-0.4, -0.2) is 40.0 Å². The minimum Gasteiger partial charge on any atom is -0.366 e. The first kappa shape index (κ1) is 17.0. The molecule has 8 heteroatoms. The van der Waals surface area contributed by atoms with Crippen LogP contribution in [0, 0.1) is 0 Å². The highest BCUT2D eigenvalue weighted by atomic mass is 35.5. The molecule has 3 heterocycles. The van der Waals surface area contributed by atoms with E-state index >= 15 is 0 Å². The Hall–Kier alpha value is -1.41. The summed E-state index contributed by atoms with van der Waals surface area (Å²) in [7, 11) is 2.02. The van der Waals surface area contributed by atoms with Crippen molar-refractivity contribution in [3.63, 3.8) is 0 Å². The van der Waals surface area contributed by atoms with E-state index in [4.69, 9.17) is 5.73 Å². The van der Waals surface area contributed by atoms with E-state index in [1.807, 2.05) is 30.9 Å². The Labute approximate surface area is 139 Å². The molecule has 3 N–H and O–H groups in total. The van der Waals surface area contributed by atoms with Gasteiger partial charge in [0.15, 0.2) is 0 Å². The van der Waals surface area contributed by atoms with Crippen LogP contribution in [0.1, 0.15) is 27.1 Å². The quantitative estimate of drug-likeness (QED) is 0.874.